The zero-order valence-electron chi connectivity index (χ0n) is 24.0. The van der Waals surface area contributed by atoms with Gasteiger partial charge in [-0.15, -0.1) is 0 Å². The summed E-state index contributed by atoms with van der Waals surface area (Å²) in [6.07, 6.45) is 11.2. The normalized spacial score (nSPS) is 22.6. The van der Waals surface area contributed by atoms with E-state index in [2.05, 4.69) is 34.3 Å². The average Bonchev–Trinajstić information content (AvgIpc) is 3.49. The Morgan fingerprint density at radius 3 is 2.74 bits per heavy atom. The third-order valence-electron chi connectivity index (χ3n) is 8.66. The Hall–Kier alpha value is -4.59. The highest BCUT2D eigenvalue weighted by Gasteiger charge is 2.47. The van der Waals surface area contributed by atoms with E-state index in [-0.39, 0.29) is 24.5 Å². The number of carbonyl (C=O) groups excluding carboxylic acids is 3. The summed E-state index contributed by atoms with van der Waals surface area (Å²) in [5.74, 6) is 0.497. The van der Waals surface area contributed by atoms with Gasteiger partial charge >= 0.3 is 6.03 Å². The zero-order valence-corrected chi connectivity index (χ0v) is 24.0. The summed E-state index contributed by atoms with van der Waals surface area (Å²) < 4.78 is 0. The van der Waals surface area contributed by atoms with Crippen LogP contribution in [0.1, 0.15) is 54.5 Å². The lowest BCUT2D eigenvalue weighted by Gasteiger charge is -2.44. The minimum atomic E-state index is -1.07. The lowest BCUT2D eigenvalue weighted by molar-refractivity contribution is -0.126. The summed E-state index contributed by atoms with van der Waals surface area (Å²) in [5, 5.41) is 6.84. The first-order chi connectivity index (χ1) is 20.3. The quantitative estimate of drug-likeness (QED) is 0.316. The molecular weight excluding hydrogens is 526 g/mol. The van der Waals surface area contributed by atoms with Crippen LogP contribution in [0.4, 0.5) is 4.79 Å². The van der Waals surface area contributed by atoms with E-state index in [1.165, 1.54) is 0 Å². The van der Waals surface area contributed by atoms with Crippen LogP contribution in [-0.2, 0) is 40.9 Å². The van der Waals surface area contributed by atoms with Crippen molar-refractivity contribution in [1.29, 1.82) is 0 Å². The molecule has 6 rings (SSSR count). The smallest absolute Gasteiger partial charge is 0.318 e. The molecule has 8 nitrogen and oxygen atoms in total. The van der Waals surface area contributed by atoms with E-state index in [1.54, 1.807) is 23.4 Å². The maximum absolute atomic E-state index is 13.7. The van der Waals surface area contributed by atoms with Gasteiger partial charge in [0.1, 0.15) is 17.6 Å². The number of nitrogens with one attached hydrogen (secondary N) is 2. The maximum atomic E-state index is 13.7. The molecule has 1 spiro atoms. The molecule has 3 aromatic rings. The third-order valence-corrected chi connectivity index (χ3v) is 8.66. The lowest BCUT2D eigenvalue weighted by atomic mass is 9.76. The molecule has 8 heteroatoms. The van der Waals surface area contributed by atoms with E-state index in [4.69, 9.17) is 4.98 Å². The molecule has 1 aliphatic heterocycles. The summed E-state index contributed by atoms with van der Waals surface area (Å²) in [6.45, 7) is 7.70. The van der Waals surface area contributed by atoms with Crippen molar-refractivity contribution in [3.8, 4) is 0 Å². The first-order valence-electron chi connectivity index (χ1n) is 14.5. The number of carbonyl (C=O) groups is 3. The van der Waals surface area contributed by atoms with Crippen molar-refractivity contribution >= 4 is 35.3 Å². The van der Waals surface area contributed by atoms with Gasteiger partial charge in [-0.2, -0.15) is 0 Å². The summed E-state index contributed by atoms with van der Waals surface area (Å²) in [6, 6.07) is 13.8. The number of rotatable bonds is 7. The minimum absolute atomic E-state index is 0.0497. The Morgan fingerprint density at radius 2 is 1.98 bits per heavy atom. The lowest BCUT2D eigenvalue weighted by Crippen LogP contribution is -2.56. The number of hydrogen-bond donors (Lipinski definition) is 2. The Labute approximate surface area is 245 Å². The fraction of sp³-hybridized carbons (Fsp3) is 0.324. The molecule has 0 fully saturated rings. The van der Waals surface area contributed by atoms with Crippen LogP contribution in [0, 0.1) is 5.41 Å². The van der Waals surface area contributed by atoms with Gasteiger partial charge in [-0.25, -0.2) is 9.79 Å². The molecule has 2 N–H and O–H groups in total. The number of benzene rings is 2. The van der Waals surface area contributed by atoms with Crippen LogP contribution in [0.15, 0.2) is 78.2 Å². The number of allylic oxidation sites excluding steroid dienone is 1. The van der Waals surface area contributed by atoms with Gasteiger partial charge in [-0.05, 0) is 98.0 Å². The SMILES string of the molecule is C=CC=NC1=C[C@@]2(Cc3cc4cc(CN(C(=O)NC(C)C)[C@@]5(C=O)CCCc6ccccc65)cnc4cc3C2)C(=O)N1. The van der Waals surface area contributed by atoms with Crippen LogP contribution in [-0.4, -0.2) is 40.4 Å². The number of nitrogens with zero attached hydrogens (tertiary/aromatic N) is 3. The van der Waals surface area contributed by atoms with Crippen LogP contribution in [0.3, 0.4) is 0 Å². The highest BCUT2D eigenvalue weighted by atomic mass is 16.2. The number of pyridine rings is 1. The molecule has 0 radical (unpaired) electrons. The van der Waals surface area contributed by atoms with Crippen molar-refractivity contribution < 1.29 is 14.4 Å². The van der Waals surface area contributed by atoms with E-state index in [1.807, 2.05) is 50.3 Å². The maximum Gasteiger partial charge on any atom is 0.318 e. The minimum Gasteiger partial charge on any atom is -0.336 e. The molecule has 42 heavy (non-hydrogen) atoms. The van der Waals surface area contributed by atoms with Gasteiger partial charge in [0.15, 0.2) is 0 Å². The van der Waals surface area contributed by atoms with Gasteiger partial charge in [0.25, 0.3) is 0 Å². The molecule has 2 aromatic carbocycles. The molecule has 3 aliphatic rings. The van der Waals surface area contributed by atoms with Gasteiger partial charge in [0.2, 0.25) is 5.91 Å². The first kappa shape index (κ1) is 27.6. The molecule has 1 aromatic heterocycles. The van der Waals surface area contributed by atoms with Crippen LogP contribution in [0.5, 0.6) is 0 Å². The Bertz CT molecular complexity index is 1670. The van der Waals surface area contributed by atoms with Crippen molar-refractivity contribution in [3.63, 3.8) is 0 Å². The number of aromatic nitrogens is 1. The van der Waals surface area contributed by atoms with Gasteiger partial charge in [-0.3, -0.25) is 9.78 Å². The van der Waals surface area contributed by atoms with E-state index in [0.29, 0.717) is 25.1 Å². The van der Waals surface area contributed by atoms with Crippen molar-refractivity contribution in [2.45, 2.75) is 64.1 Å². The fourth-order valence-electron chi connectivity index (χ4n) is 6.75. The second kappa shape index (κ2) is 10.7. The van der Waals surface area contributed by atoms with Gasteiger partial charge in [-0.1, -0.05) is 36.9 Å². The van der Waals surface area contributed by atoms with Crippen molar-refractivity contribution in [2.75, 3.05) is 0 Å². The Balaban J connectivity index is 1.35. The molecule has 2 aliphatic carbocycles. The second-order valence-corrected chi connectivity index (χ2v) is 11.9. The number of aliphatic imine (C=N–C) groups is 1. The molecule has 0 unspecified atom stereocenters. The average molecular weight is 562 g/mol. The molecule has 3 amide bonds. The number of urea groups is 1. The number of fused-ring (bicyclic) bond motifs is 3. The summed E-state index contributed by atoms with van der Waals surface area (Å²) in [4.78, 5) is 50.4. The highest BCUT2D eigenvalue weighted by molar-refractivity contribution is 5.92. The Kier molecular flexibility index (Phi) is 7.01. The standard InChI is InChI=1S/C34H35N5O3/c1-4-12-35-30-18-33(31(41)38-30)16-26-14-25-13-23(19-36-29(25)15-27(26)17-33)20-39(32(42)37-22(2)3)34(21-40)11-7-9-24-8-5-6-10-28(24)34/h4-6,8,10,12-15,18-19,21-22H,1,7,9,11,16-17,20H2,2-3H3,(H,37,42)(H,38,41)/t33-,34+/m0/s1. The van der Waals surface area contributed by atoms with Crippen LogP contribution in [0.25, 0.3) is 10.9 Å². The summed E-state index contributed by atoms with van der Waals surface area (Å²) in [5.41, 5.74) is 4.12. The van der Waals surface area contributed by atoms with E-state index in [0.717, 1.165) is 57.8 Å². The van der Waals surface area contributed by atoms with E-state index < -0.39 is 11.0 Å². The molecule has 0 saturated carbocycles. The van der Waals surface area contributed by atoms with E-state index in [9.17, 15) is 14.4 Å². The number of hydrogen-bond acceptors (Lipinski definition) is 5. The zero-order chi connectivity index (χ0) is 29.5. The molecular formula is C34H35N5O3. The predicted octanol–water partition coefficient (Wildman–Crippen LogP) is 4.90. The summed E-state index contributed by atoms with van der Waals surface area (Å²) >= 11 is 0. The fourth-order valence-corrected chi connectivity index (χ4v) is 6.75. The summed E-state index contributed by atoms with van der Waals surface area (Å²) in [7, 11) is 0. The molecule has 214 valence electrons. The van der Waals surface area contributed by atoms with Gasteiger partial charge in [0.05, 0.1) is 17.5 Å². The second-order valence-electron chi connectivity index (χ2n) is 11.9. The van der Waals surface area contributed by atoms with Crippen LogP contribution < -0.4 is 10.6 Å². The van der Waals surface area contributed by atoms with Gasteiger partial charge in [0, 0.05) is 23.8 Å². The molecule has 2 heterocycles. The monoisotopic (exact) mass is 561 g/mol. The molecule has 0 saturated heterocycles. The largest absolute Gasteiger partial charge is 0.336 e. The van der Waals surface area contributed by atoms with Crippen molar-refractivity contribution in [3.05, 3.63) is 101 Å². The van der Waals surface area contributed by atoms with Crippen LogP contribution in [0.2, 0.25) is 0 Å². The topological polar surface area (TPSA) is 104 Å². The molecule has 2 atom stereocenters. The number of aryl methyl sites for hydroxylation is 1. The number of amides is 3. The van der Waals surface area contributed by atoms with Crippen molar-refractivity contribution in [2.24, 2.45) is 10.4 Å². The first-order valence-corrected chi connectivity index (χ1v) is 14.5. The van der Waals surface area contributed by atoms with Crippen LogP contribution >= 0.6 is 0 Å². The van der Waals surface area contributed by atoms with Gasteiger partial charge < -0.3 is 20.3 Å². The number of aldehydes is 1. The van der Waals surface area contributed by atoms with E-state index >= 15 is 0 Å². The van der Waals surface area contributed by atoms with Crippen molar-refractivity contribution in [1.82, 2.24) is 20.5 Å². The molecule has 0 bridgehead atoms. The third kappa shape index (κ3) is 4.70. The highest BCUT2D eigenvalue weighted by Crippen LogP contribution is 2.44. The Morgan fingerprint density at radius 1 is 1.19 bits per heavy atom. The predicted molar refractivity (Wildman–Crippen MR) is 163 cm³/mol.